The number of ether oxygens (including phenoxy) is 5. The Balaban J connectivity index is 1.91. The van der Waals surface area contributed by atoms with Crippen molar-refractivity contribution in [2.75, 3.05) is 27.4 Å². The quantitative estimate of drug-likeness (QED) is 0.287. The van der Waals surface area contributed by atoms with E-state index < -0.39 is 18.0 Å². The van der Waals surface area contributed by atoms with Crippen molar-refractivity contribution >= 4 is 29.4 Å². The number of allylic oxidation sites excluding steroid dienone is 1. The second-order valence-corrected chi connectivity index (χ2v) is 9.66. The molecule has 2 aromatic carbocycles. The van der Waals surface area contributed by atoms with E-state index in [1.54, 1.807) is 56.3 Å². The monoisotopic (exact) mass is 566 g/mol. The van der Waals surface area contributed by atoms with Gasteiger partial charge in [0.1, 0.15) is 0 Å². The number of hydrogen-bond donors (Lipinski definition) is 0. The molecular formula is C29H30N2O8S. The molecular weight excluding hydrogens is 536 g/mol. The molecule has 10 nitrogen and oxygen atoms in total. The van der Waals surface area contributed by atoms with Crippen LogP contribution in [0.15, 0.2) is 57.5 Å². The summed E-state index contributed by atoms with van der Waals surface area (Å²) in [6.45, 7) is 7.11. The SMILES string of the molecule is CCOC(=O)C1=C(C)N=c2s/c(=C/c3ccc(OC(C)=O)c(OCC)c3)c(=O)n2[C@H]1c1ccc(OC)c(OC)c1. The first-order valence-electron chi connectivity index (χ1n) is 12.6. The fourth-order valence-electron chi connectivity index (χ4n) is 4.40. The maximum atomic E-state index is 13.9. The van der Waals surface area contributed by atoms with Crippen molar-refractivity contribution in [3.05, 3.63) is 78.5 Å². The van der Waals surface area contributed by atoms with Crippen LogP contribution in [0, 0.1) is 0 Å². The van der Waals surface area contributed by atoms with E-state index in [1.165, 1.54) is 37.0 Å². The first-order valence-corrected chi connectivity index (χ1v) is 13.4. The van der Waals surface area contributed by atoms with Crippen molar-refractivity contribution in [2.45, 2.75) is 33.7 Å². The smallest absolute Gasteiger partial charge is 0.338 e. The van der Waals surface area contributed by atoms with Crippen molar-refractivity contribution in [1.29, 1.82) is 0 Å². The van der Waals surface area contributed by atoms with Crippen molar-refractivity contribution in [3.8, 4) is 23.0 Å². The van der Waals surface area contributed by atoms with Gasteiger partial charge in [0.15, 0.2) is 27.8 Å². The molecule has 0 amide bonds. The Morgan fingerprint density at radius 2 is 1.73 bits per heavy atom. The van der Waals surface area contributed by atoms with Gasteiger partial charge in [-0.3, -0.25) is 14.2 Å². The van der Waals surface area contributed by atoms with E-state index in [0.717, 1.165) is 0 Å². The van der Waals surface area contributed by atoms with Gasteiger partial charge in [-0.1, -0.05) is 23.5 Å². The summed E-state index contributed by atoms with van der Waals surface area (Å²) < 4.78 is 29.0. The third-order valence-corrected chi connectivity index (χ3v) is 7.04. The molecule has 0 unspecified atom stereocenters. The Hall–Kier alpha value is -4.38. The van der Waals surface area contributed by atoms with Crippen molar-refractivity contribution in [1.82, 2.24) is 4.57 Å². The Bertz CT molecular complexity index is 1670. The zero-order chi connectivity index (χ0) is 29.0. The first kappa shape index (κ1) is 28.6. The first-order chi connectivity index (χ1) is 19.2. The number of hydrogen-bond acceptors (Lipinski definition) is 10. The Morgan fingerprint density at radius 1 is 1.00 bits per heavy atom. The minimum atomic E-state index is -0.803. The topological polar surface area (TPSA) is 115 Å². The zero-order valence-corrected chi connectivity index (χ0v) is 23.9. The van der Waals surface area contributed by atoms with Crippen LogP contribution in [0.4, 0.5) is 0 Å². The molecule has 4 rings (SSSR count). The van der Waals surface area contributed by atoms with E-state index in [-0.39, 0.29) is 23.5 Å². The van der Waals surface area contributed by atoms with E-state index >= 15 is 0 Å². The molecule has 1 atom stereocenters. The summed E-state index contributed by atoms with van der Waals surface area (Å²) in [6, 6.07) is 9.47. The van der Waals surface area contributed by atoms with Crippen molar-refractivity contribution in [3.63, 3.8) is 0 Å². The lowest BCUT2D eigenvalue weighted by molar-refractivity contribution is -0.139. The van der Waals surface area contributed by atoms with Crippen LogP contribution in [0.3, 0.4) is 0 Å². The molecule has 0 spiro atoms. The molecule has 0 fully saturated rings. The molecule has 0 aliphatic carbocycles. The number of methoxy groups -OCH3 is 2. The average Bonchev–Trinajstić information content (AvgIpc) is 3.22. The average molecular weight is 567 g/mol. The van der Waals surface area contributed by atoms with Gasteiger partial charge in [-0.2, -0.15) is 0 Å². The molecule has 40 heavy (non-hydrogen) atoms. The van der Waals surface area contributed by atoms with Gasteiger partial charge in [0, 0.05) is 6.92 Å². The lowest BCUT2D eigenvalue weighted by Crippen LogP contribution is -2.39. The van der Waals surface area contributed by atoms with Gasteiger partial charge in [0.2, 0.25) is 0 Å². The highest BCUT2D eigenvalue weighted by Crippen LogP contribution is 2.36. The number of carbonyl (C=O) groups is 2. The summed E-state index contributed by atoms with van der Waals surface area (Å²) in [5, 5.41) is 0. The summed E-state index contributed by atoms with van der Waals surface area (Å²) in [5.41, 5.74) is 1.67. The molecule has 0 saturated carbocycles. The van der Waals surface area contributed by atoms with Crippen LogP contribution < -0.4 is 33.8 Å². The minimum Gasteiger partial charge on any atom is -0.493 e. The van der Waals surface area contributed by atoms with E-state index in [9.17, 15) is 14.4 Å². The Morgan fingerprint density at radius 3 is 2.38 bits per heavy atom. The van der Waals surface area contributed by atoms with Gasteiger partial charge < -0.3 is 23.7 Å². The third-order valence-electron chi connectivity index (χ3n) is 6.06. The maximum Gasteiger partial charge on any atom is 0.338 e. The second kappa shape index (κ2) is 12.2. The molecule has 1 aliphatic heterocycles. The molecule has 0 N–H and O–H groups in total. The number of benzene rings is 2. The van der Waals surface area contributed by atoms with Gasteiger partial charge in [-0.25, -0.2) is 9.79 Å². The van der Waals surface area contributed by atoms with Crippen LogP contribution in [-0.4, -0.2) is 43.9 Å². The molecule has 210 valence electrons. The van der Waals surface area contributed by atoms with Gasteiger partial charge in [0.05, 0.1) is 49.3 Å². The molecule has 0 radical (unpaired) electrons. The van der Waals surface area contributed by atoms with E-state index in [0.29, 0.717) is 50.0 Å². The maximum absolute atomic E-state index is 13.9. The van der Waals surface area contributed by atoms with E-state index in [2.05, 4.69) is 4.99 Å². The molecule has 11 heteroatoms. The van der Waals surface area contributed by atoms with Crippen LogP contribution >= 0.6 is 11.3 Å². The number of esters is 2. The normalized spacial score (nSPS) is 14.8. The van der Waals surface area contributed by atoms with Crippen molar-refractivity contribution < 1.29 is 33.3 Å². The molecule has 1 aromatic heterocycles. The van der Waals surface area contributed by atoms with Crippen LogP contribution in [-0.2, 0) is 14.3 Å². The summed E-state index contributed by atoms with van der Waals surface area (Å²) in [6.07, 6.45) is 1.71. The minimum absolute atomic E-state index is 0.171. The second-order valence-electron chi connectivity index (χ2n) is 8.65. The summed E-state index contributed by atoms with van der Waals surface area (Å²) in [4.78, 5) is 43.5. The predicted octanol–water partition coefficient (Wildman–Crippen LogP) is 3.14. The van der Waals surface area contributed by atoms with Gasteiger partial charge in [-0.05, 0) is 62.2 Å². The summed E-state index contributed by atoms with van der Waals surface area (Å²) in [7, 11) is 3.05. The molecule has 3 aromatic rings. The highest BCUT2D eigenvalue weighted by atomic mass is 32.1. The van der Waals surface area contributed by atoms with Gasteiger partial charge >= 0.3 is 11.9 Å². The van der Waals surface area contributed by atoms with Gasteiger partial charge in [-0.15, -0.1) is 0 Å². The number of carbonyl (C=O) groups excluding carboxylic acids is 2. The standard InChI is InChI=1S/C29H30N2O8S/c1-7-37-23-13-18(9-11-21(23)39-17(4)32)14-24-27(33)31-26(19-10-12-20(35-5)22(15-19)36-6)25(28(34)38-8-2)16(3)30-29(31)40-24/h9-15,26H,7-8H2,1-6H3/b24-14+/t26-/m0/s1. The highest BCUT2D eigenvalue weighted by molar-refractivity contribution is 7.07. The number of fused-ring (bicyclic) bond motifs is 1. The van der Waals surface area contributed by atoms with Crippen LogP contribution in [0.5, 0.6) is 23.0 Å². The third kappa shape index (κ3) is 5.64. The highest BCUT2D eigenvalue weighted by Gasteiger charge is 2.34. The largest absolute Gasteiger partial charge is 0.493 e. The lowest BCUT2D eigenvalue weighted by atomic mass is 9.95. The zero-order valence-electron chi connectivity index (χ0n) is 23.1. The summed E-state index contributed by atoms with van der Waals surface area (Å²) in [5.74, 6) is 0.611. The number of thiazole rings is 1. The number of nitrogens with zero attached hydrogens (tertiary/aromatic N) is 2. The molecule has 0 saturated heterocycles. The summed E-state index contributed by atoms with van der Waals surface area (Å²) >= 11 is 1.20. The number of rotatable bonds is 9. The Kier molecular flexibility index (Phi) is 8.73. The lowest BCUT2D eigenvalue weighted by Gasteiger charge is -2.25. The Labute approximate surface area is 234 Å². The van der Waals surface area contributed by atoms with E-state index in [4.69, 9.17) is 23.7 Å². The molecule has 2 heterocycles. The van der Waals surface area contributed by atoms with E-state index in [1.807, 2.05) is 6.92 Å². The van der Waals surface area contributed by atoms with Gasteiger partial charge in [0.25, 0.3) is 5.56 Å². The van der Waals surface area contributed by atoms with Crippen LogP contribution in [0.1, 0.15) is 44.9 Å². The van der Waals surface area contributed by atoms with Crippen LogP contribution in [0.2, 0.25) is 0 Å². The molecule has 1 aliphatic rings. The van der Waals surface area contributed by atoms with Crippen LogP contribution in [0.25, 0.3) is 6.08 Å². The number of aromatic nitrogens is 1. The predicted molar refractivity (Wildman–Crippen MR) is 149 cm³/mol. The fourth-order valence-corrected chi connectivity index (χ4v) is 5.45. The molecule has 0 bridgehead atoms. The van der Waals surface area contributed by atoms with Crippen molar-refractivity contribution in [2.24, 2.45) is 4.99 Å². The fraction of sp³-hybridized carbons (Fsp3) is 0.310.